The van der Waals surface area contributed by atoms with Crippen molar-refractivity contribution >= 4 is 29.5 Å². The summed E-state index contributed by atoms with van der Waals surface area (Å²) in [4.78, 5) is 20.3. The van der Waals surface area contributed by atoms with Crippen molar-refractivity contribution in [2.75, 3.05) is 0 Å². The predicted molar refractivity (Wildman–Crippen MR) is 122 cm³/mol. The topological polar surface area (TPSA) is 80.0 Å². The molecule has 3 rings (SSSR count). The molecule has 0 fully saturated rings. The van der Waals surface area contributed by atoms with Gasteiger partial charge in [0.2, 0.25) is 0 Å². The summed E-state index contributed by atoms with van der Waals surface area (Å²) in [5.41, 5.74) is 4.21. The van der Waals surface area contributed by atoms with Gasteiger partial charge in [0.05, 0.1) is 11.3 Å². The zero-order valence-corrected chi connectivity index (χ0v) is 18.3. The van der Waals surface area contributed by atoms with Crippen LogP contribution in [0.25, 0.3) is 11.3 Å². The monoisotopic (exact) mass is 428 g/mol. The van der Waals surface area contributed by atoms with Gasteiger partial charge in [0.25, 0.3) is 5.91 Å². The van der Waals surface area contributed by atoms with Gasteiger partial charge in [0.15, 0.2) is 0 Å². The molecule has 3 aromatic rings. The number of hydrogen-bond donors (Lipinski definition) is 3. The maximum atomic E-state index is 12.4. The van der Waals surface area contributed by atoms with Crippen LogP contribution in [0.3, 0.4) is 0 Å². The molecule has 0 atom stereocenters. The van der Waals surface area contributed by atoms with Gasteiger partial charge in [-0.3, -0.25) is 15.6 Å². The van der Waals surface area contributed by atoms with Crippen LogP contribution in [0.5, 0.6) is 0 Å². The number of benzene rings is 2. The van der Waals surface area contributed by atoms with Gasteiger partial charge >= 0.3 is 0 Å². The molecule has 1 amide bonds. The average molecular weight is 429 g/mol. The fraction of sp³-hybridized carbons (Fsp3) is 0.182. The van der Waals surface area contributed by atoms with Gasteiger partial charge in [-0.25, -0.2) is 0 Å². The number of halogens is 1. The number of carbonyl (C=O) groups excluding carboxylic acids is 1. The van der Waals surface area contributed by atoms with Crippen molar-refractivity contribution in [2.45, 2.75) is 32.2 Å². The molecule has 0 bridgehead atoms. The largest absolute Gasteiger partial charge is 0.348 e. The van der Waals surface area contributed by atoms with Crippen LogP contribution >= 0.6 is 23.5 Å². The van der Waals surface area contributed by atoms with Crippen LogP contribution < -0.4 is 16.0 Å². The Hall–Kier alpha value is -2.38. The first-order chi connectivity index (χ1) is 14.1. The second-order valence-corrected chi connectivity index (χ2v) is 7.22. The second kappa shape index (κ2) is 11.6. The molecular weight excluding hydrogens is 404 g/mol. The molecule has 0 aliphatic heterocycles. The Morgan fingerprint density at radius 2 is 1.90 bits per heavy atom. The molecule has 1 heterocycles. The van der Waals surface area contributed by atoms with Gasteiger partial charge in [-0.1, -0.05) is 49.7 Å². The average Bonchev–Trinajstić information content (AvgIpc) is 2.75. The Morgan fingerprint density at radius 1 is 1.14 bits per heavy atom. The Balaban J connectivity index is 0.00000145. The van der Waals surface area contributed by atoms with Crippen molar-refractivity contribution in [3.63, 3.8) is 0 Å². The van der Waals surface area contributed by atoms with Gasteiger partial charge in [-0.2, -0.15) is 4.83 Å². The number of nitrogens with two attached hydrogens (primary N) is 1. The Bertz CT molecular complexity index is 948. The highest BCUT2D eigenvalue weighted by Gasteiger charge is 2.09. The molecule has 0 unspecified atom stereocenters. The van der Waals surface area contributed by atoms with Crippen LogP contribution in [-0.2, 0) is 6.54 Å². The molecule has 0 spiro atoms. The number of nitrogens with zero attached hydrogens (tertiary/aromatic N) is 1. The number of amides is 1. The molecule has 0 aliphatic carbocycles. The lowest BCUT2D eigenvalue weighted by atomic mass is 10.1. The minimum atomic E-state index is -0.172. The summed E-state index contributed by atoms with van der Waals surface area (Å²) in [6.45, 7) is 6.44. The number of hydrogen-bond acceptors (Lipinski definition) is 5. The molecule has 0 saturated carbocycles. The van der Waals surface area contributed by atoms with E-state index in [9.17, 15) is 4.79 Å². The molecule has 152 valence electrons. The number of carbonyl (C=O) groups is 1. The third kappa shape index (κ3) is 6.30. The third-order valence-corrected chi connectivity index (χ3v) is 5.04. The lowest BCUT2D eigenvalue weighted by Crippen LogP contribution is -2.23. The van der Waals surface area contributed by atoms with Crippen LogP contribution in [0.15, 0.2) is 65.7 Å². The minimum absolute atomic E-state index is 0.172. The van der Waals surface area contributed by atoms with E-state index in [1.807, 2.05) is 63.2 Å². The summed E-state index contributed by atoms with van der Waals surface area (Å²) in [5, 5.41) is 3.55. The first-order valence-electron chi connectivity index (χ1n) is 9.29. The van der Waals surface area contributed by atoms with Crippen molar-refractivity contribution in [1.82, 2.24) is 15.1 Å². The van der Waals surface area contributed by atoms with E-state index in [0.717, 1.165) is 27.3 Å². The van der Waals surface area contributed by atoms with Gasteiger partial charge in [-0.15, -0.1) is 0 Å². The van der Waals surface area contributed by atoms with Gasteiger partial charge < -0.3 is 5.32 Å². The number of nitrogens with one attached hydrogen (secondary N) is 2. The third-order valence-electron chi connectivity index (χ3n) is 4.11. The van der Waals surface area contributed by atoms with Crippen LogP contribution in [0, 0.1) is 6.92 Å². The predicted octanol–water partition coefficient (Wildman–Crippen LogP) is 5.14. The van der Waals surface area contributed by atoms with Crippen LogP contribution in [0.2, 0.25) is 5.02 Å². The zero-order chi connectivity index (χ0) is 21.2. The molecule has 0 saturated heterocycles. The molecule has 0 aliphatic rings. The van der Waals surface area contributed by atoms with Crippen LogP contribution in [0.1, 0.15) is 35.3 Å². The summed E-state index contributed by atoms with van der Waals surface area (Å²) in [6, 6.07) is 17.0. The molecule has 5 nitrogen and oxygen atoms in total. The first-order valence-corrected chi connectivity index (χ1v) is 10.5. The summed E-state index contributed by atoms with van der Waals surface area (Å²) in [5.74, 6) is 5.14. The van der Waals surface area contributed by atoms with E-state index in [0.29, 0.717) is 17.1 Å². The van der Waals surface area contributed by atoms with Crippen LogP contribution in [0.4, 0.5) is 0 Å². The van der Waals surface area contributed by atoms with Crippen molar-refractivity contribution in [3.05, 3.63) is 82.5 Å². The number of pyridine rings is 1. The Labute approximate surface area is 181 Å². The first kappa shape index (κ1) is 22.9. The van der Waals surface area contributed by atoms with Gasteiger partial charge in [-0.05, 0) is 60.3 Å². The smallest absolute Gasteiger partial charge is 0.253 e. The number of hydrazine groups is 1. The van der Waals surface area contributed by atoms with E-state index in [1.165, 1.54) is 11.9 Å². The van der Waals surface area contributed by atoms with E-state index < -0.39 is 0 Å². The highest BCUT2D eigenvalue weighted by molar-refractivity contribution is 7.97. The van der Waals surface area contributed by atoms with Crippen molar-refractivity contribution in [1.29, 1.82) is 0 Å². The number of aryl methyl sites for hydroxylation is 1. The Morgan fingerprint density at radius 3 is 2.52 bits per heavy atom. The second-order valence-electron chi connectivity index (χ2n) is 5.90. The molecular formula is C22H25ClN4OS. The van der Waals surface area contributed by atoms with Crippen molar-refractivity contribution in [3.8, 4) is 11.3 Å². The van der Waals surface area contributed by atoms with Gasteiger partial charge in [0, 0.05) is 28.2 Å². The van der Waals surface area contributed by atoms with Gasteiger partial charge in [0.1, 0.15) is 0 Å². The van der Waals surface area contributed by atoms with Crippen molar-refractivity contribution in [2.24, 2.45) is 5.84 Å². The van der Waals surface area contributed by atoms with E-state index in [1.54, 1.807) is 18.3 Å². The summed E-state index contributed by atoms with van der Waals surface area (Å²) in [6.07, 6.45) is 1.56. The molecule has 7 heteroatoms. The summed E-state index contributed by atoms with van der Waals surface area (Å²) < 4.78 is 0. The number of rotatable bonds is 6. The van der Waals surface area contributed by atoms with Crippen molar-refractivity contribution < 1.29 is 4.79 Å². The summed E-state index contributed by atoms with van der Waals surface area (Å²) in [7, 11) is 0. The highest BCUT2D eigenvalue weighted by atomic mass is 35.5. The lowest BCUT2D eigenvalue weighted by Gasteiger charge is -2.10. The maximum Gasteiger partial charge on any atom is 0.253 e. The maximum absolute atomic E-state index is 12.4. The van der Waals surface area contributed by atoms with E-state index in [2.05, 4.69) is 15.1 Å². The minimum Gasteiger partial charge on any atom is -0.348 e. The van der Waals surface area contributed by atoms with E-state index >= 15 is 0 Å². The molecule has 0 radical (unpaired) electrons. The fourth-order valence-corrected chi connectivity index (χ4v) is 3.37. The molecule has 1 aromatic heterocycles. The van der Waals surface area contributed by atoms with Crippen LogP contribution in [-0.4, -0.2) is 10.9 Å². The SMILES string of the molecule is CC.Cc1cc(SNN)ccc1CNC(=O)c1ccc(-c2ccccc2Cl)nc1. The Kier molecular flexibility index (Phi) is 9.15. The highest BCUT2D eigenvalue weighted by Crippen LogP contribution is 2.25. The standard InChI is InChI=1S/C20H19ClN4OS.C2H6/c1-13-10-16(27-25-22)8-6-14(13)11-24-20(26)15-7-9-19(23-12-15)17-4-2-3-5-18(17)21;1-2/h2-10,12,25H,11,22H2,1H3,(H,24,26);1-2H3. The molecule has 4 N–H and O–H groups in total. The molecule has 2 aromatic carbocycles. The van der Waals surface area contributed by atoms with E-state index in [-0.39, 0.29) is 5.91 Å². The normalized spacial score (nSPS) is 10.1. The van der Waals surface area contributed by atoms with E-state index in [4.69, 9.17) is 17.4 Å². The zero-order valence-electron chi connectivity index (χ0n) is 16.7. The quantitative estimate of drug-likeness (QED) is 0.288. The fourth-order valence-electron chi connectivity index (χ4n) is 2.63. The summed E-state index contributed by atoms with van der Waals surface area (Å²) >= 11 is 7.54. The molecule has 29 heavy (non-hydrogen) atoms. The number of aromatic nitrogens is 1. The lowest BCUT2D eigenvalue weighted by molar-refractivity contribution is 0.0950.